The Hall–Kier alpha value is -1.58. The van der Waals surface area contributed by atoms with E-state index in [0.29, 0.717) is 12.5 Å². The van der Waals surface area contributed by atoms with Crippen LogP contribution in [0.4, 0.5) is 0 Å². The maximum Gasteiger partial charge on any atom is 0.227 e. The Kier molecular flexibility index (Phi) is 5.21. The summed E-state index contributed by atoms with van der Waals surface area (Å²) in [6.07, 6.45) is 0.498. The molecular weight excluding hydrogens is 284 g/mol. The van der Waals surface area contributed by atoms with Crippen LogP contribution in [0.2, 0.25) is 0 Å². The normalized spacial score (nSPS) is 18.3. The minimum Gasteiger partial charge on any atom is -0.340 e. The first kappa shape index (κ1) is 15.8. The molecule has 2 aromatic rings. The molecule has 1 amide bonds. The predicted molar refractivity (Wildman–Crippen MR) is 88.9 cm³/mol. The molecule has 1 unspecified atom stereocenters. The molecule has 112 valence electrons. The number of rotatable bonds is 2. The number of hydrogen-bond acceptors (Lipinski definition) is 2. The van der Waals surface area contributed by atoms with Crippen molar-refractivity contribution in [2.24, 2.45) is 0 Å². The van der Waals surface area contributed by atoms with Gasteiger partial charge in [-0.3, -0.25) is 4.79 Å². The summed E-state index contributed by atoms with van der Waals surface area (Å²) in [6, 6.07) is 14.9. The lowest BCUT2D eigenvalue weighted by atomic mass is 10.0. The van der Waals surface area contributed by atoms with Crippen LogP contribution in [-0.2, 0) is 11.2 Å². The Bertz CT molecular complexity index is 629. The Morgan fingerprint density at radius 1 is 1.24 bits per heavy atom. The van der Waals surface area contributed by atoms with Crippen molar-refractivity contribution < 1.29 is 4.79 Å². The van der Waals surface area contributed by atoms with Gasteiger partial charge in [-0.05, 0) is 23.3 Å². The third kappa shape index (κ3) is 3.74. The standard InChI is InChI=1S/C17H20N2O.ClH/c1-13-12-19(9-8-18-13)17(20)11-14-6-7-15-4-2-3-5-16(15)10-14;/h2-7,10,13,18H,8-9,11-12H2,1H3;1H. The molecule has 1 aliphatic rings. The third-order valence-corrected chi connectivity index (χ3v) is 3.89. The highest BCUT2D eigenvalue weighted by Gasteiger charge is 2.20. The fourth-order valence-electron chi connectivity index (χ4n) is 2.79. The first-order chi connectivity index (χ1) is 9.72. The molecule has 0 aromatic heterocycles. The molecule has 0 saturated carbocycles. The molecule has 1 atom stereocenters. The van der Waals surface area contributed by atoms with Gasteiger partial charge in [-0.2, -0.15) is 0 Å². The number of fused-ring (bicyclic) bond motifs is 1. The number of nitrogens with zero attached hydrogens (tertiary/aromatic N) is 1. The lowest BCUT2D eigenvalue weighted by molar-refractivity contribution is -0.131. The Balaban J connectivity index is 0.00000161. The van der Waals surface area contributed by atoms with Crippen LogP contribution in [0, 0.1) is 0 Å². The van der Waals surface area contributed by atoms with Gasteiger partial charge in [0, 0.05) is 25.7 Å². The average Bonchev–Trinajstić information content (AvgIpc) is 2.47. The van der Waals surface area contributed by atoms with Crippen molar-refractivity contribution in [1.29, 1.82) is 0 Å². The fourth-order valence-corrected chi connectivity index (χ4v) is 2.79. The van der Waals surface area contributed by atoms with Gasteiger partial charge in [0.15, 0.2) is 0 Å². The molecule has 2 aromatic carbocycles. The van der Waals surface area contributed by atoms with Crippen molar-refractivity contribution in [2.75, 3.05) is 19.6 Å². The number of hydrogen-bond donors (Lipinski definition) is 1. The van der Waals surface area contributed by atoms with E-state index < -0.39 is 0 Å². The van der Waals surface area contributed by atoms with Crippen LogP contribution in [0.25, 0.3) is 10.8 Å². The van der Waals surface area contributed by atoms with Crippen LogP contribution in [0.3, 0.4) is 0 Å². The molecule has 1 aliphatic heterocycles. The summed E-state index contributed by atoms with van der Waals surface area (Å²) >= 11 is 0. The molecule has 1 N–H and O–H groups in total. The Morgan fingerprint density at radius 3 is 2.76 bits per heavy atom. The van der Waals surface area contributed by atoms with Crippen molar-refractivity contribution in [2.45, 2.75) is 19.4 Å². The van der Waals surface area contributed by atoms with Gasteiger partial charge < -0.3 is 10.2 Å². The SMILES string of the molecule is CC1CN(C(=O)Cc2ccc3ccccc3c2)CCN1.Cl. The van der Waals surface area contributed by atoms with Crippen LogP contribution in [0.15, 0.2) is 42.5 Å². The summed E-state index contributed by atoms with van der Waals surface area (Å²) in [5.41, 5.74) is 1.10. The van der Waals surface area contributed by atoms with Crippen LogP contribution in [-0.4, -0.2) is 36.5 Å². The van der Waals surface area contributed by atoms with Crippen molar-refractivity contribution in [3.05, 3.63) is 48.0 Å². The number of halogens is 1. The van der Waals surface area contributed by atoms with Crippen molar-refractivity contribution in [3.8, 4) is 0 Å². The zero-order chi connectivity index (χ0) is 13.9. The van der Waals surface area contributed by atoms with E-state index in [1.807, 2.05) is 17.0 Å². The van der Waals surface area contributed by atoms with E-state index in [0.717, 1.165) is 25.2 Å². The fraction of sp³-hybridized carbons (Fsp3) is 0.353. The van der Waals surface area contributed by atoms with Crippen molar-refractivity contribution in [1.82, 2.24) is 10.2 Å². The second-order valence-corrected chi connectivity index (χ2v) is 5.55. The molecule has 1 saturated heterocycles. The highest BCUT2D eigenvalue weighted by atomic mass is 35.5. The van der Waals surface area contributed by atoms with Gasteiger partial charge >= 0.3 is 0 Å². The van der Waals surface area contributed by atoms with Crippen LogP contribution >= 0.6 is 12.4 Å². The van der Waals surface area contributed by atoms with E-state index in [4.69, 9.17) is 0 Å². The van der Waals surface area contributed by atoms with Crippen LogP contribution in [0.1, 0.15) is 12.5 Å². The molecule has 3 nitrogen and oxygen atoms in total. The van der Waals surface area contributed by atoms with Gasteiger partial charge in [-0.1, -0.05) is 42.5 Å². The van der Waals surface area contributed by atoms with Crippen molar-refractivity contribution in [3.63, 3.8) is 0 Å². The summed E-state index contributed by atoms with van der Waals surface area (Å²) in [5, 5.41) is 5.78. The molecule has 0 aliphatic carbocycles. The topological polar surface area (TPSA) is 32.3 Å². The summed E-state index contributed by atoms with van der Waals surface area (Å²) in [4.78, 5) is 14.3. The number of carbonyl (C=O) groups excluding carboxylic acids is 1. The quantitative estimate of drug-likeness (QED) is 0.925. The number of amides is 1. The van der Waals surface area contributed by atoms with Crippen LogP contribution in [0.5, 0.6) is 0 Å². The third-order valence-electron chi connectivity index (χ3n) is 3.89. The summed E-state index contributed by atoms with van der Waals surface area (Å²) in [7, 11) is 0. The van der Waals surface area contributed by atoms with Gasteiger partial charge in [0.1, 0.15) is 0 Å². The minimum absolute atomic E-state index is 0. The number of nitrogens with one attached hydrogen (secondary N) is 1. The predicted octanol–water partition coefficient (Wildman–Crippen LogP) is 2.62. The van der Waals surface area contributed by atoms with E-state index >= 15 is 0 Å². The molecular formula is C17H21ClN2O. The Morgan fingerprint density at radius 2 is 2.00 bits per heavy atom. The second kappa shape index (κ2) is 6.92. The summed E-state index contributed by atoms with van der Waals surface area (Å²) < 4.78 is 0. The zero-order valence-corrected chi connectivity index (χ0v) is 13.0. The van der Waals surface area contributed by atoms with E-state index in [2.05, 4.69) is 42.6 Å². The molecule has 4 heteroatoms. The van der Waals surface area contributed by atoms with E-state index in [9.17, 15) is 4.79 Å². The first-order valence-electron chi connectivity index (χ1n) is 7.21. The monoisotopic (exact) mass is 304 g/mol. The van der Waals surface area contributed by atoms with Gasteiger partial charge in [-0.15, -0.1) is 12.4 Å². The largest absolute Gasteiger partial charge is 0.340 e. The van der Waals surface area contributed by atoms with Crippen LogP contribution < -0.4 is 5.32 Å². The minimum atomic E-state index is 0. The molecule has 3 rings (SSSR count). The molecule has 0 bridgehead atoms. The highest BCUT2D eigenvalue weighted by molar-refractivity contribution is 5.86. The first-order valence-corrected chi connectivity index (χ1v) is 7.21. The van der Waals surface area contributed by atoms with Gasteiger partial charge in [0.2, 0.25) is 5.91 Å². The summed E-state index contributed by atoms with van der Waals surface area (Å²) in [5.74, 6) is 0.230. The van der Waals surface area contributed by atoms with Gasteiger partial charge in [-0.25, -0.2) is 0 Å². The number of carbonyl (C=O) groups is 1. The van der Waals surface area contributed by atoms with Gasteiger partial charge in [0.25, 0.3) is 0 Å². The van der Waals surface area contributed by atoms with E-state index in [1.165, 1.54) is 10.8 Å². The van der Waals surface area contributed by atoms with E-state index in [1.54, 1.807) is 0 Å². The van der Waals surface area contributed by atoms with E-state index in [-0.39, 0.29) is 18.3 Å². The number of piperazine rings is 1. The smallest absolute Gasteiger partial charge is 0.227 e. The second-order valence-electron chi connectivity index (χ2n) is 5.55. The molecule has 1 heterocycles. The lowest BCUT2D eigenvalue weighted by Crippen LogP contribution is -2.51. The Labute approximate surface area is 131 Å². The maximum atomic E-state index is 12.3. The maximum absolute atomic E-state index is 12.3. The average molecular weight is 305 g/mol. The molecule has 1 fully saturated rings. The molecule has 0 radical (unpaired) electrons. The number of benzene rings is 2. The van der Waals surface area contributed by atoms with Gasteiger partial charge in [0.05, 0.1) is 6.42 Å². The highest BCUT2D eigenvalue weighted by Crippen LogP contribution is 2.16. The molecule has 21 heavy (non-hydrogen) atoms. The zero-order valence-electron chi connectivity index (χ0n) is 12.2. The molecule has 0 spiro atoms. The summed E-state index contributed by atoms with van der Waals surface area (Å²) in [6.45, 7) is 4.64. The van der Waals surface area contributed by atoms with Crippen molar-refractivity contribution >= 4 is 29.1 Å². The lowest BCUT2D eigenvalue weighted by Gasteiger charge is -2.32.